The number of ether oxygens (including phenoxy) is 2. The number of nitrogens with zero attached hydrogens (tertiary/aromatic N) is 2. The maximum absolute atomic E-state index is 13.4. The van der Waals surface area contributed by atoms with Crippen LogP contribution in [0.4, 0.5) is 5.69 Å². The maximum Gasteiger partial charge on any atom is 0.253 e. The van der Waals surface area contributed by atoms with Gasteiger partial charge in [-0.25, -0.2) is 0 Å². The topological polar surface area (TPSA) is 71.1 Å². The first-order valence-electron chi connectivity index (χ1n) is 13.1. The number of morpholine rings is 1. The number of methoxy groups -OCH3 is 1. The van der Waals surface area contributed by atoms with Crippen LogP contribution < -0.4 is 10.2 Å². The smallest absolute Gasteiger partial charge is 0.253 e. The third kappa shape index (κ3) is 4.39. The number of benzene rings is 2. The van der Waals surface area contributed by atoms with Gasteiger partial charge in [0.25, 0.3) is 5.91 Å². The number of rotatable bonds is 5. The Morgan fingerprint density at radius 3 is 2.31 bits per heavy atom. The van der Waals surface area contributed by atoms with Crippen LogP contribution in [-0.2, 0) is 19.7 Å². The van der Waals surface area contributed by atoms with Gasteiger partial charge in [-0.1, -0.05) is 38.1 Å². The first kappa shape index (κ1) is 24.8. The summed E-state index contributed by atoms with van der Waals surface area (Å²) in [5.41, 5.74) is 4.01. The van der Waals surface area contributed by atoms with E-state index in [9.17, 15) is 9.59 Å². The molecule has 5 rings (SSSR count). The lowest BCUT2D eigenvalue weighted by Crippen LogP contribution is -2.52. The third-order valence-electron chi connectivity index (χ3n) is 8.19. The Balaban J connectivity index is 1.31. The molecule has 2 atom stereocenters. The Kier molecular flexibility index (Phi) is 7.04. The summed E-state index contributed by atoms with van der Waals surface area (Å²) in [6.45, 7) is 8.36. The predicted octanol–water partition coefficient (Wildman–Crippen LogP) is 3.54. The van der Waals surface area contributed by atoms with Gasteiger partial charge < -0.3 is 24.6 Å². The normalized spacial score (nSPS) is 23.1. The average molecular weight is 492 g/mol. The number of piperidine rings is 1. The molecule has 0 aromatic heterocycles. The van der Waals surface area contributed by atoms with Gasteiger partial charge in [0, 0.05) is 55.9 Å². The first-order chi connectivity index (χ1) is 17.4. The Labute approximate surface area is 213 Å². The summed E-state index contributed by atoms with van der Waals surface area (Å²) in [6.07, 6.45) is 1.44. The van der Waals surface area contributed by atoms with Gasteiger partial charge in [0.15, 0.2) is 0 Å². The van der Waals surface area contributed by atoms with Crippen LogP contribution in [0, 0.1) is 5.92 Å². The lowest BCUT2D eigenvalue weighted by Gasteiger charge is -2.44. The van der Waals surface area contributed by atoms with Crippen LogP contribution in [-0.4, -0.2) is 69.3 Å². The molecule has 36 heavy (non-hydrogen) atoms. The summed E-state index contributed by atoms with van der Waals surface area (Å²) in [5.74, 6) is 0.00523. The summed E-state index contributed by atoms with van der Waals surface area (Å²) in [4.78, 5) is 30.3. The lowest BCUT2D eigenvalue weighted by molar-refractivity contribution is -0.126. The number of nitrogens with one attached hydrogen (secondary N) is 1. The second kappa shape index (κ2) is 10.2. The number of fused-ring (bicyclic) bond motifs is 2. The molecule has 2 aromatic rings. The minimum absolute atomic E-state index is 0.0297. The number of anilines is 1. The van der Waals surface area contributed by atoms with Crippen molar-refractivity contribution in [3.05, 3.63) is 65.2 Å². The minimum Gasteiger partial charge on any atom is -0.378 e. The highest BCUT2D eigenvalue weighted by atomic mass is 16.5. The number of amides is 2. The van der Waals surface area contributed by atoms with Crippen LogP contribution in [0.5, 0.6) is 0 Å². The second-order valence-electron chi connectivity index (χ2n) is 10.5. The first-order valence-corrected chi connectivity index (χ1v) is 13.1. The fourth-order valence-corrected chi connectivity index (χ4v) is 6.17. The third-order valence-corrected chi connectivity index (χ3v) is 8.19. The highest BCUT2D eigenvalue weighted by Crippen LogP contribution is 2.52. The summed E-state index contributed by atoms with van der Waals surface area (Å²) in [7, 11) is 1.74. The molecule has 0 saturated carbocycles. The fourth-order valence-electron chi connectivity index (χ4n) is 6.17. The molecule has 0 radical (unpaired) electrons. The molecule has 0 bridgehead atoms. The molecule has 3 aliphatic rings. The average Bonchev–Trinajstić information content (AvgIpc) is 3.17. The molecular formula is C29H37N3O4. The Hall–Kier alpha value is -2.90. The number of carbonyl (C=O) groups is 2. The van der Waals surface area contributed by atoms with Gasteiger partial charge in [-0.15, -0.1) is 0 Å². The Bertz CT molecular complexity index is 1090. The molecule has 2 saturated heterocycles. The van der Waals surface area contributed by atoms with Gasteiger partial charge in [-0.05, 0) is 48.2 Å². The Morgan fingerprint density at radius 1 is 1.00 bits per heavy atom. The quantitative estimate of drug-likeness (QED) is 0.693. The van der Waals surface area contributed by atoms with E-state index >= 15 is 0 Å². The van der Waals surface area contributed by atoms with E-state index in [1.165, 1.54) is 5.56 Å². The van der Waals surface area contributed by atoms with Crippen molar-refractivity contribution in [2.75, 3.05) is 51.4 Å². The van der Waals surface area contributed by atoms with Crippen molar-refractivity contribution < 1.29 is 19.1 Å². The molecule has 0 unspecified atom stereocenters. The van der Waals surface area contributed by atoms with Crippen molar-refractivity contribution in [1.29, 1.82) is 0 Å². The zero-order valence-corrected chi connectivity index (χ0v) is 21.5. The Morgan fingerprint density at radius 2 is 1.67 bits per heavy atom. The largest absolute Gasteiger partial charge is 0.378 e. The van der Waals surface area contributed by atoms with Crippen molar-refractivity contribution in [2.24, 2.45) is 5.92 Å². The monoisotopic (exact) mass is 491 g/mol. The van der Waals surface area contributed by atoms with Gasteiger partial charge >= 0.3 is 0 Å². The molecule has 7 nitrogen and oxygen atoms in total. The zero-order chi connectivity index (χ0) is 25.3. The van der Waals surface area contributed by atoms with Crippen molar-refractivity contribution in [3.63, 3.8) is 0 Å². The SMILES string of the molecule is CO[C@@H]1[C@@H](NC(=O)C(C)C)c2ccccc2C12CCN(C(=O)c1ccc(N3CCOCC3)cc1)CC2. The second-order valence-corrected chi connectivity index (χ2v) is 10.5. The summed E-state index contributed by atoms with van der Waals surface area (Å²) in [5, 5.41) is 3.24. The molecule has 2 amide bonds. The molecule has 2 aliphatic heterocycles. The molecule has 2 aromatic carbocycles. The summed E-state index contributed by atoms with van der Waals surface area (Å²) < 4.78 is 11.5. The van der Waals surface area contributed by atoms with Crippen LogP contribution in [0.1, 0.15) is 54.2 Å². The molecule has 2 heterocycles. The zero-order valence-electron chi connectivity index (χ0n) is 21.5. The molecule has 1 N–H and O–H groups in total. The molecule has 2 fully saturated rings. The van der Waals surface area contributed by atoms with E-state index < -0.39 is 0 Å². The number of hydrogen-bond donors (Lipinski definition) is 1. The van der Waals surface area contributed by atoms with Crippen LogP contribution in [0.3, 0.4) is 0 Å². The van der Waals surface area contributed by atoms with E-state index in [1.807, 2.05) is 49.1 Å². The highest BCUT2D eigenvalue weighted by Gasteiger charge is 2.54. The van der Waals surface area contributed by atoms with Crippen LogP contribution in [0.2, 0.25) is 0 Å². The molecule has 7 heteroatoms. The van der Waals surface area contributed by atoms with Crippen LogP contribution in [0.25, 0.3) is 0 Å². The van der Waals surface area contributed by atoms with E-state index in [0.717, 1.165) is 56.0 Å². The predicted molar refractivity (Wildman–Crippen MR) is 139 cm³/mol. The van der Waals surface area contributed by atoms with E-state index in [4.69, 9.17) is 9.47 Å². The number of likely N-dealkylation sites (tertiary alicyclic amines) is 1. The summed E-state index contributed by atoms with van der Waals surface area (Å²) >= 11 is 0. The highest BCUT2D eigenvalue weighted by molar-refractivity contribution is 5.94. The maximum atomic E-state index is 13.4. The van der Waals surface area contributed by atoms with Gasteiger partial charge in [0.2, 0.25) is 5.91 Å². The lowest BCUT2D eigenvalue weighted by atomic mass is 9.71. The van der Waals surface area contributed by atoms with Crippen molar-refractivity contribution in [2.45, 2.75) is 44.2 Å². The van der Waals surface area contributed by atoms with E-state index in [0.29, 0.717) is 13.1 Å². The van der Waals surface area contributed by atoms with Crippen molar-refractivity contribution >= 4 is 17.5 Å². The number of hydrogen-bond acceptors (Lipinski definition) is 5. The van der Waals surface area contributed by atoms with Gasteiger partial charge in [0.05, 0.1) is 25.4 Å². The van der Waals surface area contributed by atoms with E-state index in [2.05, 4.69) is 28.4 Å². The van der Waals surface area contributed by atoms with Gasteiger partial charge in [-0.3, -0.25) is 9.59 Å². The van der Waals surface area contributed by atoms with Gasteiger partial charge in [-0.2, -0.15) is 0 Å². The standard InChI is InChI=1S/C29H37N3O4/c1-20(2)27(33)30-25-23-6-4-5-7-24(23)29(26(25)35-3)12-14-32(15-13-29)28(34)21-8-10-22(11-9-21)31-16-18-36-19-17-31/h4-11,20,25-26H,12-19H2,1-3H3,(H,30,33)/t25-,26+/m0/s1. The van der Waals surface area contributed by atoms with Crippen molar-refractivity contribution in [3.8, 4) is 0 Å². The molecule has 1 aliphatic carbocycles. The minimum atomic E-state index is -0.225. The van der Waals surface area contributed by atoms with E-state index in [-0.39, 0.29) is 35.3 Å². The molecule has 1 spiro atoms. The van der Waals surface area contributed by atoms with Crippen molar-refractivity contribution in [1.82, 2.24) is 10.2 Å². The molecule has 192 valence electrons. The molecular weight excluding hydrogens is 454 g/mol. The van der Waals surface area contributed by atoms with Crippen LogP contribution in [0.15, 0.2) is 48.5 Å². The summed E-state index contributed by atoms with van der Waals surface area (Å²) in [6, 6.07) is 16.2. The van der Waals surface area contributed by atoms with Gasteiger partial charge in [0.1, 0.15) is 0 Å². The van der Waals surface area contributed by atoms with Crippen LogP contribution >= 0.6 is 0 Å². The fraction of sp³-hybridized carbons (Fsp3) is 0.517. The van der Waals surface area contributed by atoms with E-state index in [1.54, 1.807) is 7.11 Å². The number of carbonyl (C=O) groups excluding carboxylic acids is 2.